The third-order valence-electron chi connectivity index (χ3n) is 3.60. The van der Waals surface area contributed by atoms with Crippen LogP contribution < -0.4 is 5.32 Å². The molecule has 2 heteroatoms. The van der Waals surface area contributed by atoms with Crippen molar-refractivity contribution in [2.45, 2.75) is 39.7 Å². The Morgan fingerprint density at radius 2 is 1.95 bits per heavy atom. The van der Waals surface area contributed by atoms with Crippen molar-refractivity contribution < 1.29 is 4.42 Å². The molecule has 1 heterocycles. The molecular weight excluding hydrogens is 234 g/mol. The fourth-order valence-electron chi connectivity index (χ4n) is 2.43. The number of rotatable bonds is 6. The zero-order valence-corrected chi connectivity index (χ0v) is 12.1. The Hall–Kier alpha value is -1.54. The van der Waals surface area contributed by atoms with Crippen LogP contribution in [0.1, 0.15) is 41.8 Å². The quantitative estimate of drug-likeness (QED) is 0.839. The highest BCUT2D eigenvalue weighted by atomic mass is 16.3. The van der Waals surface area contributed by atoms with Crippen molar-refractivity contribution in [3.63, 3.8) is 0 Å². The Morgan fingerprint density at radius 3 is 2.58 bits per heavy atom. The van der Waals surface area contributed by atoms with Gasteiger partial charge in [-0.2, -0.15) is 0 Å². The first-order chi connectivity index (χ1) is 9.22. The zero-order valence-electron chi connectivity index (χ0n) is 12.1. The van der Waals surface area contributed by atoms with Crippen LogP contribution in [0.5, 0.6) is 0 Å². The summed E-state index contributed by atoms with van der Waals surface area (Å²) in [5.74, 6) is 1.02. The molecule has 0 radical (unpaired) electrons. The average Bonchev–Trinajstić information content (AvgIpc) is 2.83. The third kappa shape index (κ3) is 3.48. The van der Waals surface area contributed by atoms with E-state index in [0.29, 0.717) is 6.04 Å². The van der Waals surface area contributed by atoms with Crippen LogP contribution >= 0.6 is 0 Å². The minimum atomic E-state index is 0.333. The highest BCUT2D eigenvalue weighted by Gasteiger charge is 2.16. The van der Waals surface area contributed by atoms with Gasteiger partial charge < -0.3 is 9.73 Å². The van der Waals surface area contributed by atoms with Crippen LogP contribution in [0, 0.1) is 13.8 Å². The minimum Gasteiger partial charge on any atom is -0.469 e. The van der Waals surface area contributed by atoms with Crippen molar-refractivity contribution in [1.82, 2.24) is 5.32 Å². The average molecular weight is 257 g/mol. The maximum Gasteiger partial charge on any atom is 0.105 e. The molecule has 102 valence electrons. The first-order valence-electron chi connectivity index (χ1n) is 7.04. The van der Waals surface area contributed by atoms with E-state index in [1.807, 2.05) is 6.92 Å². The van der Waals surface area contributed by atoms with Gasteiger partial charge in [-0.15, -0.1) is 0 Å². The van der Waals surface area contributed by atoms with E-state index >= 15 is 0 Å². The first-order valence-corrected chi connectivity index (χ1v) is 7.04. The molecule has 0 spiro atoms. The molecule has 19 heavy (non-hydrogen) atoms. The second-order valence-corrected chi connectivity index (χ2v) is 5.07. The van der Waals surface area contributed by atoms with Gasteiger partial charge in [-0.1, -0.05) is 31.2 Å². The fourth-order valence-corrected chi connectivity index (χ4v) is 2.43. The molecule has 0 saturated heterocycles. The Balaban J connectivity index is 2.19. The molecule has 0 aliphatic rings. The summed E-state index contributed by atoms with van der Waals surface area (Å²) < 4.78 is 5.45. The van der Waals surface area contributed by atoms with E-state index in [1.54, 1.807) is 6.26 Å². The van der Waals surface area contributed by atoms with Gasteiger partial charge in [0, 0.05) is 11.6 Å². The van der Waals surface area contributed by atoms with Gasteiger partial charge in [0.05, 0.1) is 6.26 Å². The van der Waals surface area contributed by atoms with Gasteiger partial charge in [0.25, 0.3) is 0 Å². The summed E-state index contributed by atoms with van der Waals surface area (Å²) in [7, 11) is 0. The van der Waals surface area contributed by atoms with Crippen LogP contribution in [-0.2, 0) is 6.42 Å². The predicted octanol–water partition coefficient (Wildman–Crippen LogP) is 4.18. The van der Waals surface area contributed by atoms with Crippen LogP contribution in [0.15, 0.2) is 41.0 Å². The second kappa shape index (κ2) is 6.58. The van der Waals surface area contributed by atoms with E-state index in [4.69, 9.17) is 4.42 Å². The van der Waals surface area contributed by atoms with Gasteiger partial charge in [0.2, 0.25) is 0 Å². The molecule has 0 bridgehead atoms. The number of furan rings is 1. The Morgan fingerprint density at radius 1 is 1.16 bits per heavy atom. The summed E-state index contributed by atoms with van der Waals surface area (Å²) in [6.07, 6.45) is 3.93. The van der Waals surface area contributed by atoms with E-state index in [9.17, 15) is 0 Å². The monoisotopic (exact) mass is 257 g/mol. The van der Waals surface area contributed by atoms with Gasteiger partial charge >= 0.3 is 0 Å². The Kier molecular flexibility index (Phi) is 4.80. The van der Waals surface area contributed by atoms with E-state index < -0.39 is 0 Å². The first kappa shape index (κ1) is 13.9. The van der Waals surface area contributed by atoms with E-state index in [1.165, 1.54) is 16.7 Å². The lowest BCUT2D eigenvalue weighted by Crippen LogP contribution is -2.24. The topological polar surface area (TPSA) is 25.2 Å². The number of hydrogen-bond donors (Lipinski definition) is 1. The molecule has 2 aromatic rings. The molecule has 0 amide bonds. The lowest BCUT2D eigenvalue weighted by atomic mass is 9.96. The van der Waals surface area contributed by atoms with E-state index in [-0.39, 0.29) is 0 Å². The summed E-state index contributed by atoms with van der Waals surface area (Å²) in [6.45, 7) is 7.43. The molecule has 1 N–H and O–H groups in total. The van der Waals surface area contributed by atoms with Crippen LogP contribution in [0.25, 0.3) is 0 Å². The normalized spacial score (nSPS) is 12.6. The molecule has 2 rings (SSSR count). The van der Waals surface area contributed by atoms with Crippen molar-refractivity contribution in [2.24, 2.45) is 0 Å². The molecule has 1 unspecified atom stereocenters. The van der Waals surface area contributed by atoms with Crippen molar-refractivity contribution in [3.8, 4) is 0 Å². The number of hydrogen-bond acceptors (Lipinski definition) is 2. The smallest absolute Gasteiger partial charge is 0.105 e. The molecule has 1 atom stereocenters. The number of aryl methyl sites for hydroxylation is 2. The van der Waals surface area contributed by atoms with Crippen molar-refractivity contribution in [2.75, 3.05) is 6.54 Å². The van der Waals surface area contributed by atoms with Gasteiger partial charge in [-0.05, 0) is 50.4 Å². The van der Waals surface area contributed by atoms with Crippen molar-refractivity contribution in [3.05, 3.63) is 59.0 Å². The zero-order chi connectivity index (χ0) is 13.7. The summed E-state index contributed by atoms with van der Waals surface area (Å²) in [5.41, 5.74) is 4.03. The molecule has 2 nitrogen and oxygen atoms in total. The molecule has 1 aromatic carbocycles. The maximum absolute atomic E-state index is 5.45. The number of benzene rings is 1. The maximum atomic E-state index is 5.45. The van der Waals surface area contributed by atoms with Gasteiger partial charge in [-0.3, -0.25) is 0 Å². The Bertz CT molecular complexity index is 515. The van der Waals surface area contributed by atoms with Crippen LogP contribution in [0.4, 0.5) is 0 Å². The molecule has 1 aromatic heterocycles. The Labute approximate surface area is 115 Å². The van der Waals surface area contributed by atoms with Crippen molar-refractivity contribution >= 4 is 0 Å². The fraction of sp³-hybridized carbons (Fsp3) is 0.412. The van der Waals surface area contributed by atoms with E-state index in [0.717, 1.165) is 25.1 Å². The van der Waals surface area contributed by atoms with Crippen LogP contribution in [0.2, 0.25) is 0 Å². The number of nitrogens with one attached hydrogen (secondary N) is 1. The highest BCUT2D eigenvalue weighted by Crippen LogP contribution is 2.24. The van der Waals surface area contributed by atoms with Crippen LogP contribution in [0.3, 0.4) is 0 Å². The molecule has 0 aliphatic carbocycles. The van der Waals surface area contributed by atoms with Crippen LogP contribution in [-0.4, -0.2) is 6.54 Å². The molecule has 0 saturated carbocycles. The molecular formula is C17H23NO. The van der Waals surface area contributed by atoms with Gasteiger partial charge in [-0.25, -0.2) is 0 Å². The van der Waals surface area contributed by atoms with Gasteiger partial charge in [0.1, 0.15) is 5.76 Å². The predicted molar refractivity (Wildman–Crippen MR) is 79.4 cm³/mol. The summed E-state index contributed by atoms with van der Waals surface area (Å²) in [5, 5.41) is 3.63. The van der Waals surface area contributed by atoms with Gasteiger partial charge in [0.15, 0.2) is 0 Å². The lowest BCUT2D eigenvalue weighted by molar-refractivity contribution is 0.493. The lowest BCUT2D eigenvalue weighted by Gasteiger charge is -2.19. The standard InChI is InChI=1S/C17H23NO/c1-4-10-18-17(16-9-11-19-14(16)3)12-15-8-6-5-7-13(15)2/h5-9,11,17-18H,4,10,12H2,1-3H3. The second-order valence-electron chi connectivity index (χ2n) is 5.07. The summed E-state index contributed by atoms with van der Waals surface area (Å²) in [4.78, 5) is 0. The molecule has 0 fully saturated rings. The SMILES string of the molecule is CCCNC(Cc1ccccc1C)c1ccoc1C. The largest absolute Gasteiger partial charge is 0.469 e. The minimum absolute atomic E-state index is 0.333. The third-order valence-corrected chi connectivity index (χ3v) is 3.60. The van der Waals surface area contributed by atoms with Crippen molar-refractivity contribution in [1.29, 1.82) is 0 Å². The summed E-state index contributed by atoms with van der Waals surface area (Å²) in [6, 6.07) is 11.0. The highest BCUT2D eigenvalue weighted by molar-refractivity contribution is 5.29. The molecule has 0 aliphatic heterocycles. The van der Waals surface area contributed by atoms with E-state index in [2.05, 4.69) is 49.5 Å². The summed E-state index contributed by atoms with van der Waals surface area (Å²) >= 11 is 0.